The third kappa shape index (κ3) is 7.83. The fourth-order valence-electron chi connectivity index (χ4n) is 1.78. The second kappa shape index (κ2) is 7.94. The van der Waals surface area contributed by atoms with Crippen molar-refractivity contribution >= 4 is 12.2 Å². The van der Waals surface area contributed by atoms with Gasteiger partial charge in [-0.1, -0.05) is 0 Å². The number of alkyl carbamates (subject to hydrolysis) is 2. The smallest absolute Gasteiger partial charge is 0.407 e. The lowest BCUT2D eigenvalue weighted by Gasteiger charge is -2.19. The largest absolute Gasteiger partial charge is 0.448 e. The Hall–Kier alpha value is -1.50. The summed E-state index contributed by atoms with van der Waals surface area (Å²) in [5, 5.41) is 8.45. The molecule has 1 fully saturated rings. The van der Waals surface area contributed by atoms with Gasteiger partial charge in [-0.15, -0.1) is 0 Å². The van der Waals surface area contributed by atoms with Crippen LogP contribution in [0.2, 0.25) is 0 Å². The summed E-state index contributed by atoms with van der Waals surface area (Å²) in [4.78, 5) is 22.7. The van der Waals surface area contributed by atoms with Crippen molar-refractivity contribution in [3.63, 3.8) is 0 Å². The first-order valence-corrected chi connectivity index (χ1v) is 6.95. The summed E-state index contributed by atoms with van der Waals surface area (Å²) in [5.41, 5.74) is -0.530. The van der Waals surface area contributed by atoms with Crippen LogP contribution in [0, 0.1) is 5.92 Å². The van der Waals surface area contributed by atoms with Gasteiger partial charge in [0.05, 0.1) is 6.54 Å². The first kappa shape index (κ1) is 16.6. The van der Waals surface area contributed by atoms with E-state index in [0.29, 0.717) is 12.5 Å². The van der Waals surface area contributed by atoms with Crippen molar-refractivity contribution in [2.75, 3.05) is 32.8 Å². The minimum atomic E-state index is -0.530. The Balaban J connectivity index is 2.00. The number of hydrogen-bond acceptors (Lipinski definition) is 5. The maximum atomic E-state index is 11.4. The predicted octanol–water partition coefficient (Wildman–Crippen LogP) is 0.847. The van der Waals surface area contributed by atoms with Gasteiger partial charge >= 0.3 is 12.2 Å². The third-order valence-corrected chi connectivity index (χ3v) is 2.70. The summed E-state index contributed by atoms with van der Waals surface area (Å²) in [5.74, 6) is 0.474. The van der Waals surface area contributed by atoms with Gasteiger partial charge in [-0.25, -0.2) is 9.59 Å². The molecular formula is C13H25N3O4. The predicted molar refractivity (Wildman–Crippen MR) is 74.6 cm³/mol. The molecule has 116 valence electrons. The highest BCUT2D eigenvalue weighted by Crippen LogP contribution is 2.06. The minimum absolute atomic E-state index is 0.119. The highest BCUT2D eigenvalue weighted by Gasteiger charge is 2.16. The van der Waals surface area contributed by atoms with Crippen molar-refractivity contribution in [2.45, 2.75) is 32.8 Å². The van der Waals surface area contributed by atoms with Gasteiger partial charge in [0.2, 0.25) is 0 Å². The summed E-state index contributed by atoms with van der Waals surface area (Å²) < 4.78 is 9.99. The van der Waals surface area contributed by atoms with Crippen molar-refractivity contribution in [1.82, 2.24) is 16.0 Å². The molecule has 20 heavy (non-hydrogen) atoms. The fourth-order valence-corrected chi connectivity index (χ4v) is 1.78. The van der Waals surface area contributed by atoms with Crippen LogP contribution < -0.4 is 16.0 Å². The summed E-state index contributed by atoms with van der Waals surface area (Å²) >= 11 is 0. The van der Waals surface area contributed by atoms with Gasteiger partial charge in [-0.3, -0.25) is 0 Å². The number of ether oxygens (including phenoxy) is 2. The van der Waals surface area contributed by atoms with E-state index in [0.717, 1.165) is 19.5 Å². The lowest BCUT2D eigenvalue weighted by atomic mass is 10.1. The average molecular weight is 287 g/mol. The van der Waals surface area contributed by atoms with Gasteiger partial charge in [-0.2, -0.15) is 0 Å². The number of nitrogens with one attached hydrogen (secondary N) is 3. The SMILES string of the molecule is CC(C)(C)OC(=O)NCCOC(=O)NCC1CCNC1. The molecule has 0 aromatic heterocycles. The lowest BCUT2D eigenvalue weighted by Crippen LogP contribution is -2.36. The number of carbonyl (C=O) groups is 2. The van der Waals surface area contributed by atoms with E-state index in [1.165, 1.54) is 0 Å². The molecule has 7 heteroatoms. The van der Waals surface area contributed by atoms with E-state index in [1.54, 1.807) is 20.8 Å². The van der Waals surface area contributed by atoms with E-state index in [4.69, 9.17) is 9.47 Å². The van der Waals surface area contributed by atoms with E-state index in [2.05, 4.69) is 16.0 Å². The van der Waals surface area contributed by atoms with Gasteiger partial charge in [0.15, 0.2) is 0 Å². The van der Waals surface area contributed by atoms with Crippen LogP contribution in [-0.4, -0.2) is 50.6 Å². The van der Waals surface area contributed by atoms with Gasteiger partial charge in [0, 0.05) is 6.54 Å². The monoisotopic (exact) mass is 287 g/mol. The molecule has 1 aliphatic heterocycles. The molecule has 0 saturated carbocycles. The molecule has 0 aromatic rings. The molecule has 0 aliphatic carbocycles. The van der Waals surface area contributed by atoms with Crippen LogP contribution in [0.25, 0.3) is 0 Å². The van der Waals surface area contributed by atoms with E-state index in [1.807, 2.05) is 0 Å². The Morgan fingerprint density at radius 1 is 1.25 bits per heavy atom. The number of carbonyl (C=O) groups excluding carboxylic acids is 2. The van der Waals surface area contributed by atoms with Gasteiger partial charge in [-0.05, 0) is 46.2 Å². The van der Waals surface area contributed by atoms with E-state index < -0.39 is 17.8 Å². The topological polar surface area (TPSA) is 88.7 Å². The maximum absolute atomic E-state index is 11.4. The molecule has 3 N–H and O–H groups in total. The molecule has 1 rings (SSSR count). The summed E-state index contributed by atoms with van der Waals surface area (Å²) in [7, 11) is 0. The molecule has 0 radical (unpaired) electrons. The van der Waals surface area contributed by atoms with E-state index in [-0.39, 0.29) is 13.2 Å². The highest BCUT2D eigenvalue weighted by atomic mass is 16.6. The molecule has 1 unspecified atom stereocenters. The number of amides is 2. The van der Waals surface area contributed by atoms with Gasteiger partial charge in [0.1, 0.15) is 12.2 Å². The Morgan fingerprint density at radius 3 is 2.60 bits per heavy atom. The van der Waals surface area contributed by atoms with Crippen LogP contribution >= 0.6 is 0 Å². The number of hydrogen-bond donors (Lipinski definition) is 3. The maximum Gasteiger partial charge on any atom is 0.407 e. The minimum Gasteiger partial charge on any atom is -0.448 e. The van der Waals surface area contributed by atoms with Crippen LogP contribution in [0.4, 0.5) is 9.59 Å². The van der Waals surface area contributed by atoms with Crippen LogP contribution in [-0.2, 0) is 9.47 Å². The highest BCUT2D eigenvalue weighted by molar-refractivity contribution is 5.68. The first-order chi connectivity index (χ1) is 9.37. The standard InChI is InChI=1S/C13H25N3O4/c1-13(2,3)20-12(18)15-6-7-19-11(17)16-9-10-4-5-14-8-10/h10,14H,4-9H2,1-3H3,(H,15,18)(H,16,17). The zero-order valence-electron chi connectivity index (χ0n) is 12.5. The van der Waals surface area contributed by atoms with Crippen LogP contribution in [0.5, 0.6) is 0 Å². The zero-order chi connectivity index (χ0) is 15.0. The van der Waals surface area contributed by atoms with Crippen molar-refractivity contribution < 1.29 is 19.1 Å². The Bertz CT molecular complexity index is 322. The van der Waals surface area contributed by atoms with Gasteiger partial charge in [0.25, 0.3) is 0 Å². The molecule has 0 bridgehead atoms. The normalized spacial score (nSPS) is 18.4. The fraction of sp³-hybridized carbons (Fsp3) is 0.846. The number of rotatable bonds is 5. The van der Waals surface area contributed by atoms with Crippen molar-refractivity contribution in [3.05, 3.63) is 0 Å². The van der Waals surface area contributed by atoms with Crippen LogP contribution in [0.3, 0.4) is 0 Å². The first-order valence-electron chi connectivity index (χ1n) is 6.95. The van der Waals surface area contributed by atoms with Gasteiger partial charge < -0.3 is 25.4 Å². The van der Waals surface area contributed by atoms with E-state index in [9.17, 15) is 9.59 Å². The average Bonchev–Trinajstić information content (AvgIpc) is 2.83. The molecule has 1 saturated heterocycles. The molecule has 1 aliphatic rings. The van der Waals surface area contributed by atoms with Crippen molar-refractivity contribution in [1.29, 1.82) is 0 Å². The van der Waals surface area contributed by atoms with Crippen LogP contribution in [0.15, 0.2) is 0 Å². The Labute approximate surface area is 119 Å². The summed E-state index contributed by atoms with van der Waals surface area (Å²) in [6.45, 7) is 8.26. The second-order valence-corrected chi connectivity index (χ2v) is 5.80. The molecule has 7 nitrogen and oxygen atoms in total. The third-order valence-electron chi connectivity index (χ3n) is 2.70. The second-order valence-electron chi connectivity index (χ2n) is 5.80. The Kier molecular flexibility index (Phi) is 6.57. The van der Waals surface area contributed by atoms with E-state index >= 15 is 0 Å². The molecule has 0 aromatic carbocycles. The lowest BCUT2D eigenvalue weighted by molar-refractivity contribution is 0.0511. The van der Waals surface area contributed by atoms with Crippen LogP contribution in [0.1, 0.15) is 27.2 Å². The Morgan fingerprint density at radius 2 is 2.00 bits per heavy atom. The molecule has 0 spiro atoms. The van der Waals surface area contributed by atoms with Crippen molar-refractivity contribution in [3.8, 4) is 0 Å². The van der Waals surface area contributed by atoms with Crippen molar-refractivity contribution in [2.24, 2.45) is 5.92 Å². The molecule has 1 heterocycles. The molecular weight excluding hydrogens is 262 g/mol. The molecule has 1 atom stereocenters. The molecule has 2 amide bonds. The quantitative estimate of drug-likeness (QED) is 0.652. The summed E-state index contributed by atoms with van der Waals surface area (Å²) in [6, 6.07) is 0. The summed E-state index contributed by atoms with van der Waals surface area (Å²) in [6.07, 6.45) is 0.0990. The zero-order valence-corrected chi connectivity index (χ0v) is 12.5.